The number of nitrogens with two attached hydrogens (primary N) is 1. The molecule has 0 radical (unpaired) electrons. The van der Waals surface area contributed by atoms with Gasteiger partial charge in [-0.3, -0.25) is 4.79 Å². The molecule has 2 aromatic rings. The van der Waals surface area contributed by atoms with E-state index in [-0.39, 0.29) is 18.1 Å². The summed E-state index contributed by atoms with van der Waals surface area (Å²) in [6.07, 6.45) is -0.490. The topological polar surface area (TPSA) is 134 Å². The van der Waals surface area contributed by atoms with Crippen LogP contribution in [0.4, 0.5) is 0 Å². The molecule has 1 amide bonds. The maximum Gasteiger partial charge on any atom is 0.223 e. The van der Waals surface area contributed by atoms with Gasteiger partial charge in [0.05, 0.1) is 29.9 Å². The van der Waals surface area contributed by atoms with E-state index < -0.39 is 43.9 Å². The summed E-state index contributed by atoms with van der Waals surface area (Å²) in [5.41, 5.74) is 5.85. The number of carbonyl (C=O) groups excluding carboxylic acids is 1. The third-order valence-corrected chi connectivity index (χ3v) is 11.5. The van der Waals surface area contributed by atoms with Crippen LogP contribution < -0.4 is 5.73 Å². The Morgan fingerprint density at radius 3 is 2.62 bits per heavy atom. The highest BCUT2D eigenvalue weighted by molar-refractivity contribution is 6.74. The average Bonchev–Trinajstić information content (AvgIpc) is 3.36. The van der Waals surface area contributed by atoms with E-state index in [2.05, 4.69) is 50.0 Å². The molecular formula is C23H33N5O5Si. The van der Waals surface area contributed by atoms with Gasteiger partial charge in [-0.05, 0) is 44.1 Å². The zero-order chi connectivity index (χ0) is 25.1. The van der Waals surface area contributed by atoms with Crippen LogP contribution in [-0.4, -0.2) is 59.0 Å². The Bertz CT molecular complexity index is 1150. The number of nitriles is 1. The largest absolute Gasteiger partial charge is 0.413 e. The van der Waals surface area contributed by atoms with Crippen LogP contribution in [-0.2, 0) is 29.9 Å². The number of amides is 1. The fraction of sp³-hybridized carbons (Fsp3) is 0.652. The van der Waals surface area contributed by atoms with Gasteiger partial charge in [-0.2, -0.15) is 10.4 Å². The van der Waals surface area contributed by atoms with Crippen molar-refractivity contribution >= 4 is 19.7 Å². The minimum atomic E-state index is -2.17. The first-order valence-electron chi connectivity index (χ1n) is 11.4. The first-order chi connectivity index (χ1) is 15.7. The average molecular weight is 488 g/mol. The lowest BCUT2D eigenvalue weighted by Gasteiger charge is -2.39. The standard InChI is InChI=1S/C23H33N5O5Si/c1-21(2,3)34(6,7)30-12-23(11-24)20-19(31-22(4,5)33-20)18(32-23)16-9-8-15-14(10-17(25)29)26-13-27-28(15)16/h8-9,13,18-20H,10,12H2,1-7H3,(H2,25,29)/t18-,19-,20-,23+/m0/s1. The summed E-state index contributed by atoms with van der Waals surface area (Å²) in [4.78, 5) is 15.7. The van der Waals surface area contributed by atoms with Gasteiger partial charge in [0.1, 0.15) is 30.7 Å². The highest BCUT2D eigenvalue weighted by Gasteiger charge is 2.65. The van der Waals surface area contributed by atoms with Crippen LogP contribution in [0.5, 0.6) is 0 Å². The summed E-state index contributed by atoms with van der Waals surface area (Å²) >= 11 is 0. The number of hydrogen-bond acceptors (Lipinski definition) is 8. The van der Waals surface area contributed by atoms with Crippen molar-refractivity contribution in [3.8, 4) is 6.07 Å². The van der Waals surface area contributed by atoms with Crippen molar-refractivity contribution in [3.05, 3.63) is 29.8 Å². The lowest BCUT2D eigenvalue weighted by Crippen LogP contribution is -2.51. The number of aromatic nitrogens is 3. The molecule has 11 heteroatoms. The normalized spacial score (nSPS) is 28.7. The van der Waals surface area contributed by atoms with Crippen molar-refractivity contribution in [3.63, 3.8) is 0 Å². The predicted octanol–water partition coefficient (Wildman–Crippen LogP) is 2.63. The minimum Gasteiger partial charge on any atom is -0.413 e. The number of ether oxygens (including phenoxy) is 3. The number of rotatable bonds is 6. The van der Waals surface area contributed by atoms with Gasteiger partial charge in [-0.1, -0.05) is 20.8 Å². The molecule has 0 saturated carbocycles. The monoisotopic (exact) mass is 487 g/mol. The van der Waals surface area contributed by atoms with Crippen LogP contribution in [0.15, 0.2) is 18.5 Å². The van der Waals surface area contributed by atoms with E-state index in [0.717, 1.165) is 0 Å². The van der Waals surface area contributed by atoms with Crippen molar-refractivity contribution in [2.75, 3.05) is 6.61 Å². The first kappa shape index (κ1) is 24.8. The van der Waals surface area contributed by atoms with Gasteiger partial charge in [0.2, 0.25) is 11.5 Å². The summed E-state index contributed by atoms with van der Waals surface area (Å²) in [7, 11) is -2.17. The Morgan fingerprint density at radius 1 is 1.29 bits per heavy atom. The number of nitrogens with zero attached hydrogens (tertiary/aromatic N) is 4. The van der Waals surface area contributed by atoms with Crippen LogP contribution in [0, 0.1) is 11.3 Å². The second-order valence-electron chi connectivity index (χ2n) is 11.0. The Kier molecular flexibility index (Phi) is 5.90. The van der Waals surface area contributed by atoms with Gasteiger partial charge in [0, 0.05) is 0 Å². The summed E-state index contributed by atoms with van der Waals surface area (Å²) in [6.45, 7) is 14.4. The molecule has 4 heterocycles. The highest BCUT2D eigenvalue weighted by atomic mass is 28.4. The van der Waals surface area contributed by atoms with E-state index in [1.54, 1.807) is 4.52 Å². The van der Waals surface area contributed by atoms with E-state index in [9.17, 15) is 10.1 Å². The van der Waals surface area contributed by atoms with E-state index in [1.165, 1.54) is 6.33 Å². The van der Waals surface area contributed by atoms with E-state index >= 15 is 0 Å². The number of hydrogen-bond donors (Lipinski definition) is 1. The molecule has 0 unspecified atom stereocenters. The fourth-order valence-electron chi connectivity index (χ4n) is 4.22. The zero-order valence-corrected chi connectivity index (χ0v) is 21.8. The highest BCUT2D eigenvalue weighted by Crippen LogP contribution is 2.50. The maximum atomic E-state index is 11.5. The summed E-state index contributed by atoms with van der Waals surface area (Å²) in [5.74, 6) is -1.38. The maximum absolute atomic E-state index is 11.5. The molecule has 4 atom stereocenters. The summed E-state index contributed by atoms with van der Waals surface area (Å²) < 4.78 is 27.0. The molecule has 4 rings (SSSR count). The molecule has 0 bridgehead atoms. The van der Waals surface area contributed by atoms with Crippen molar-refractivity contribution in [2.24, 2.45) is 5.73 Å². The van der Waals surface area contributed by atoms with Crippen molar-refractivity contribution in [1.82, 2.24) is 14.6 Å². The van der Waals surface area contributed by atoms with Crippen LogP contribution in [0.25, 0.3) is 5.52 Å². The molecule has 34 heavy (non-hydrogen) atoms. The number of carbonyl (C=O) groups is 1. The Labute approximate surface area is 200 Å². The smallest absolute Gasteiger partial charge is 0.223 e. The second-order valence-corrected chi connectivity index (χ2v) is 15.8. The molecule has 10 nitrogen and oxygen atoms in total. The molecule has 2 aliphatic heterocycles. The van der Waals surface area contributed by atoms with Crippen LogP contribution in [0.1, 0.15) is 52.1 Å². The van der Waals surface area contributed by atoms with Crippen LogP contribution in [0.2, 0.25) is 18.1 Å². The first-order valence-corrected chi connectivity index (χ1v) is 14.3. The summed E-state index contributed by atoms with van der Waals surface area (Å²) in [6, 6.07) is 6.01. The van der Waals surface area contributed by atoms with Gasteiger partial charge >= 0.3 is 0 Å². The van der Waals surface area contributed by atoms with Crippen molar-refractivity contribution in [1.29, 1.82) is 5.26 Å². The predicted molar refractivity (Wildman–Crippen MR) is 125 cm³/mol. The quantitative estimate of drug-likeness (QED) is 0.615. The van der Waals surface area contributed by atoms with Gasteiger partial charge in [-0.15, -0.1) is 0 Å². The lowest BCUT2D eigenvalue weighted by molar-refractivity contribution is -0.204. The molecule has 2 aliphatic rings. The molecule has 184 valence electrons. The third-order valence-electron chi connectivity index (χ3n) is 7.06. The Balaban J connectivity index is 1.73. The molecule has 0 aromatic carbocycles. The third kappa shape index (κ3) is 4.14. The molecular weight excluding hydrogens is 454 g/mol. The van der Waals surface area contributed by atoms with E-state index in [4.69, 9.17) is 24.4 Å². The van der Waals surface area contributed by atoms with Gasteiger partial charge in [-0.25, -0.2) is 9.50 Å². The lowest BCUT2D eigenvalue weighted by atomic mass is 9.96. The van der Waals surface area contributed by atoms with E-state index in [1.807, 2.05) is 26.0 Å². The minimum absolute atomic E-state index is 0.0117. The molecule has 2 saturated heterocycles. The summed E-state index contributed by atoms with van der Waals surface area (Å²) in [5, 5.41) is 14.7. The van der Waals surface area contributed by atoms with Gasteiger partial charge in [0.15, 0.2) is 14.1 Å². The molecule has 2 aromatic heterocycles. The molecule has 0 spiro atoms. The van der Waals surface area contributed by atoms with Crippen LogP contribution >= 0.6 is 0 Å². The number of fused-ring (bicyclic) bond motifs is 2. The van der Waals surface area contributed by atoms with Gasteiger partial charge < -0.3 is 24.4 Å². The molecule has 0 aliphatic carbocycles. The van der Waals surface area contributed by atoms with E-state index in [0.29, 0.717) is 16.9 Å². The van der Waals surface area contributed by atoms with Gasteiger partial charge in [0.25, 0.3) is 0 Å². The Morgan fingerprint density at radius 2 is 2.00 bits per heavy atom. The fourth-order valence-corrected chi connectivity index (χ4v) is 5.23. The molecule has 2 N–H and O–H groups in total. The number of primary amides is 1. The second kappa shape index (κ2) is 8.10. The SMILES string of the molecule is CC1(C)O[C@H]2[C@H](c3ccc4c(CC(N)=O)ncnn34)O[C@](C#N)(CO[Si](C)(C)C(C)(C)C)[C@H]2O1. The Hall–Kier alpha value is -2.36. The zero-order valence-electron chi connectivity index (χ0n) is 20.8. The van der Waals surface area contributed by atoms with Crippen molar-refractivity contribution < 1.29 is 23.4 Å². The molecule has 2 fully saturated rings. The van der Waals surface area contributed by atoms with Crippen LogP contribution in [0.3, 0.4) is 0 Å². The van der Waals surface area contributed by atoms with Crippen molar-refractivity contribution in [2.45, 2.75) is 88.9 Å².